The van der Waals surface area contributed by atoms with Gasteiger partial charge in [0.25, 0.3) is 0 Å². The van der Waals surface area contributed by atoms with E-state index >= 15 is 0 Å². The third-order valence-electron chi connectivity index (χ3n) is 4.76. The van der Waals surface area contributed by atoms with Crippen molar-refractivity contribution in [1.82, 2.24) is 4.98 Å². The third-order valence-corrected chi connectivity index (χ3v) is 4.76. The van der Waals surface area contributed by atoms with Crippen molar-refractivity contribution in [3.63, 3.8) is 0 Å². The number of phenolic OH excluding ortho intramolecular Hbond substituents is 1. The first-order valence-electron chi connectivity index (χ1n) is 10.1. The fourth-order valence-corrected chi connectivity index (χ4v) is 3.25. The van der Waals surface area contributed by atoms with Crippen LogP contribution in [0.2, 0.25) is 0 Å². The molecule has 0 spiro atoms. The highest BCUT2D eigenvalue weighted by molar-refractivity contribution is 5.49. The van der Waals surface area contributed by atoms with Gasteiger partial charge in [-0.05, 0) is 92.8 Å². The first kappa shape index (κ1) is 23.4. The van der Waals surface area contributed by atoms with Crippen molar-refractivity contribution in [3.05, 3.63) is 81.7 Å². The summed E-state index contributed by atoms with van der Waals surface area (Å²) in [5, 5.41) is 26.8. The van der Waals surface area contributed by atoms with Gasteiger partial charge >= 0.3 is 0 Å². The average Bonchev–Trinajstić information content (AvgIpc) is 2.75. The molecule has 1 aromatic heterocycles. The van der Waals surface area contributed by atoms with E-state index in [2.05, 4.69) is 18.0 Å². The molecule has 0 atom stereocenters. The molecule has 5 heteroatoms. The number of nitriles is 2. The standard InChI is InChI=1S/C17H18N2O.C9H9NO/c1-4-6-15-16(7-5-8-19-15)20-17-12(2)9-14(11-18)10-13(17)3;1-6-3-8(5-10)4-7(2)9(6)11/h5,7-10H,4,6H2,1-3H3;3-4,11H,1-2H3. The number of nitrogens with zero attached hydrogens (tertiary/aromatic N) is 3. The lowest BCUT2D eigenvalue weighted by Gasteiger charge is -2.14. The molecule has 0 fully saturated rings. The summed E-state index contributed by atoms with van der Waals surface area (Å²) in [7, 11) is 0. The summed E-state index contributed by atoms with van der Waals surface area (Å²) in [6.07, 6.45) is 3.71. The number of rotatable bonds is 4. The zero-order chi connectivity index (χ0) is 23.0. The molecule has 0 unspecified atom stereocenters. The summed E-state index contributed by atoms with van der Waals surface area (Å²) >= 11 is 0. The number of benzene rings is 2. The van der Waals surface area contributed by atoms with Gasteiger partial charge in [-0.1, -0.05) is 13.3 Å². The molecule has 0 aliphatic heterocycles. The fourth-order valence-electron chi connectivity index (χ4n) is 3.25. The van der Waals surface area contributed by atoms with Crippen molar-refractivity contribution >= 4 is 0 Å². The van der Waals surface area contributed by atoms with Gasteiger partial charge in [-0.15, -0.1) is 0 Å². The zero-order valence-corrected chi connectivity index (χ0v) is 18.7. The average molecular weight is 414 g/mol. The molecule has 2 aromatic carbocycles. The van der Waals surface area contributed by atoms with Crippen LogP contribution in [0.1, 0.15) is 52.4 Å². The molecule has 0 saturated heterocycles. The highest BCUT2D eigenvalue weighted by atomic mass is 16.5. The molecule has 1 N–H and O–H groups in total. The smallest absolute Gasteiger partial charge is 0.148 e. The van der Waals surface area contributed by atoms with Crippen molar-refractivity contribution in [2.45, 2.75) is 47.5 Å². The minimum Gasteiger partial charge on any atom is -0.507 e. The van der Waals surface area contributed by atoms with E-state index in [0.29, 0.717) is 11.1 Å². The first-order valence-corrected chi connectivity index (χ1v) is 10.1. The van der Waals surface area contributed by atoms with Crippen molar-refractivity contribution in [2.75, 3.05) is 0 Å². The van der Waals surface area contributed by atoms with E-state index in [1.165, 1.54) is 0 Å². The monoisotopic (exact) mass is 413 g/mol. The lowest BCUT2D eigenvalue weighted by molar-refractivity contribution is 0.464. The molecule has 0 radical (unpaired) electrons. The number of ether oxygens (including phenoxy) is 1. The molecule has 158 valence electrons. The van der Waals surface area contributed by atoms with Crippen LogP contribution in [0.25, 0.3) is 0 Å². The Labute approximate surface area is 184 Å². The van der Waals surface area contributed by atoms with Gasteiger partial charge in [0.2, 0.25) is 0 Å². The third kappa shape index (κ3) is 6.07. The fraction of sp³-hybridized carbons (Fsp3) is 0.269. The SMILES string of the molecule is CCCc1ncccc1Oc1c(C)cc(C#N)cc1C.Cc1cc(C#N)cc(C)c1O. The molecule has 1 heterocycles. The Morgan fingerprint density at radius 1 is 0.903 bits per heavy atom. The van der Waals surface area contributed by atoms with E-state index in [1.54, 1.807) is 32.2 Å². The van der Waals surface area contributed by atoms with Crippen LogP contribution in [0, 0.1) is 50.4 Å². The summed E-state index contributed by atoms with van der Waals surface area (Å²) < 4.78 is 6.05. The van der Waals surface area contributed by atoms with E-state index < -0.39 is 0 Å². The maximum Gasteiger partial charge on any atom is 0.148 e. The summed E-state index contributed by atoms with van der Waals surface area (Å²) in [5.74, 6) is 1.89. The molecule has 0 amide bonds. The van der Waals surface area contributed by atoms with E-state index in [4.69, 9.17) is 15.3 Å². The lowest BCUT2D eigenvalue weighted by Crippen LogP contribution is -1.98. The van der Waals surface area contributed by atoms with Gasteiger partial charge in [-0.2, -0.15) is 10.5 Å². The largest absolute Gasteiger partial charge is 0.507 e. The number of aromatic nitrogens is 1. The molecule has 3 rings (SSSR count). The van der Waals surface area contributed by atoms with Crippen LogP contribution in [0.3, 0.4) is 0 Å². The van der Waals surface area contributed by atoms with Gasteiger partial charge in [0.1, 0.15) is 17.2 Å². The number of hydrogen-bond donors (Lipinski definition) is 1. The van der Waals surface area contributed by atoms with E-state index in [1.807, 2.05) is 44.2 Å². The van der Waals surface area contributed by atoms with Gasteiger partial charge in [-0.3, -0.25) is 4.98 Å². The van der Waals surface area contributed by atoms with Crippen molar-refractivity contribution < 1.29 is 9.84 Å². The Kier molecular flexibility index (Phi) is 8.17. The maximum atomic E-state index is 9.32. The molecule has 0 saturated carbocycles. The van der Waals surface area contributed by atoms with Crippen LogP contribution in [-0.4, -0.2) is 10.1 Å². The summed E-state index contributed by atoms with van der Waals surface area (Å²) in [5.41, 5.74) is 5.66. The first-order chi connectivity index (χ1) is 14.8. The van der Waals surface area contributed by atoms with Gasteiger partial charge < -0.3 is 9.84 Å². The number of aryl methyl sites for hydroxylation is 5. The quantitative estimate of drug-likeness (QED) is 0.550. The van der Waals surface area contributed by atoms with Crippen LogP contribution in [0.4, 0.5) is 0 Å². The number of phenols is 1. The van der Waals surface area contributed by atoms with Gasteiger partial charge in [0, 0.05) is 6.20 Å². The second-order valence-electron chi connectivity index (χ2n) is 7.42. The number of pyridine rings is 1. The van der Waals surface area contributed by atoms with Crippen molar-refractivity contribution in [2.24, 2.45) is 0 Å². The Balaban J connectivity index is 0.000000262. The minimum absolute atomic E-state index is 0.281. The Hall–Kier alpha value is -3.83. The maximum absolute atomic E-state index is 9.32. The van der Waals surface area contributed by atoms with Gasteiger partial charge in [-0.25, -0.2) is 0 Å². The zero-order valence-electron chi connectivity index (χ0n) is 18.7. The van der Waals surface area contributed by atoms with Crippen LogP contribution in [0.5, 0.6) is 17.2 Å². The molecular weight excluding hydrogens is 386 g/mol. The summed E-state index contributed by atoms with van der Waals surface area (Å²) in [6, 6.07) is 15.0. The topological polar surface area (TPSA) is 89.9 Å². The molecule has 3 aromatic rings. The molecule has 5 nitrogen and oxygen atoms in total. The molecule has 31 heavy (non-hydrogen) atoms. The summed E-state index contributed by atoms with van der Waals surface area (Å²) in [4.78, 5) is 4.38. The Morgan fingerprint density at radius 2 is 1.42 bits per heavy atom. The Bertz CT molecular complexity index is 1110. The van der Waals surface area contributed by atoms with Crippen LogP contribution in [-0.2, 0) is 6.42 Å². The molecule has 0 aliphatic carbocycles. The van der Waals surface area contributed by atoms with E-state index in [-0.39, 0.29) is 5.75 Å². The number of hydrogen-bond acceptors (Lipinski definition) is 5. The molecule has 0 bridgehead atoms. The predicted molar refractivity (Wildman–Crippen MR) is 121 cm³/mol. The predicted octanol–water partition coefficient (Wildman–Crippen LogP) is 6.20. The lowest BCUT2D eigenvalue weighted by atomic mass is 10.1. The highest BCUT2D eigenvalue weighted by Crippen LogP contribution is 2.31. The number of aromatic hydroxyl groups is 1. The van der Waals surface area contributed by atoms with E-state index in [9.17, 15) is 5.11 Å². The minimum atomic E-state index is 0.281. The highest BCUT2D eigenvalue weighted by Gasteiger charge is 2.11. The van der Waals surface area contributed by atoms with Gasteiger partial charge in [0.05, 0.1) is 29.0 Å². The second-order valence-corrected chi connectivity index (χ2v) is 7.42. The Morgan fingerprint density at radius 3 is 1.90 bits per heavy atom. The molecule has 0 aliphatic rings. The molecular formula is C26H27N3O2. The summed E-state index contributed by atoms with van der Waals surface area (Å²) in [6.45, 7) is 9.60. The van der Waals surface area contributed by atoms with Crippen LogP contribution >= 0.6 is 0 Å². The van der Waals surface area contributed by atoms with E-state index in [0.717, 1.165) is 52.3 Å². The van der Waals surface area contributed by atoms with Crippen LogP contribution in [0.15, 0.2) is 42.6 Å². The second kappa shape index (κ2) is 10.8. The van der Waals surface area contributed by atoms with Crippen molar-refractivity contribution in [3.8, 4) is 29.4 Å². The normalized spacial score (nSPS) is 9.77. The van der Waals surface area contributed by atoms with Crippen LogP contribution < -0.4 is 4.74 Å². The van der Waals surface area contributed by atoms with Crippen molar-refractivity contribution in [1.29, 1.82) is 10.5 Å². The van der Waals surface area contributed by atoms with Gasteiger partial charge in [0.15, 0.2) is 0 Å².